The fourth-order valence-electron chi connectivity index (χ4n) is 2.99. The molecule has 0 unspecified atom stereocenters. The first kappa shape index (κ1) is 23.4. The van der Waals surface area contributed by atoms with Gasteiger partial charge >= 0.3 is 0 Å². The number of hydrazone groups is 1. The topological polar surface area (TPSA) is 103 Å². The Morgan fingerprint density at radius 1 is 1.06 bits per heavy atom. The van der Waals surface area contributed by atoms with Crippen molar-refractivity contribution in [3.05, 3.63) is 99.4 Å². The van der Waals surface area contributed by atoms with Crippen LogP contribution in [0.1, 0.15) is 23.6 Å². The van der Waals surface area contributed by atoms with Gasteiger partial charge in [-0.2, -0.15) is 5.10 Å². The zero-order valence-electron chi connectivity index (χ0n) is 17.9. The normalized spacial score (nSPS) is 10.7. The van der Waals surface area contributed by atoms with Crippen LogP contribution in [0.3, 0.4) is 0 Å². The summed E-state index contributed by atoms with van der Waals surface area (Å²) in [4.78, 5) is 22.7. The van der Waals surface area contributed by atoms with E-state index >= 15 is 0 Å². The van der Waals surface area contributed by atoms with Crippen LogP contribution in [0.4, 0.5) is 10.1 Å². The maximum Gasteiger partial charge on any atom is 0.273 e. The van der Waals surface area contributed by atoms with Crippen LogP contribution in [0.2, 0.25) is 0 Å². The van der Waals surface area contributed by atoms with Gasteiger partial charge in [-0.3, -0.25) is 14.9 Å². The fraction of sp³-hybridized carbons (Fsp3) is 0.167. The first-order valence-electron chi connectivity index (χ1n) is 10.1. The summed E-state index contributed by atoms with van der Waals surface area (Å²) in [5, 5.41) is 15.0. The first-order valence-corrected chi connectivity index (χ1v) is 10.1. The number of hydrogen-bond acceptors (Lipinski definition) is 6. The van der Waals surface area contributed by atoms with Crippen molar-refractivity contribution in [3.8, 4) is 11.5 Å². The van der Waals surface area contributed by atoms with Gasteiger partial charge in [0.1, 0.15) is 12.4 Å². The Kier molecular flexibility index (Phi) is 8.07. The lowest BCUT2D eigenvalue weighted by Gasteiger charge is -2.13. The van der Waals surface area contributed by atoms with Gasteiger partial charge in [-0.15, -0.1) is 0 Å². The number of rotatable bonds is 10. The molecule has 8 nitrogen and oxygen atoms in total. The molecule has 9 heteroatoms. The van der Waals surface area contributed by atoms with E-state index in [4.69, 9.17) is 9.47 Å². The molecule has 0 saturated carbocycles. The summed E-state index contributed by atoms with van der Waals surface area (Å²) in [6.45, 7) is 2.26. The highest BCUT2D eigenvalue weighted by molar-refractivity contribution is 5.84. The van der Waals surface area contributed by atoms with Gasteiger partial charge < -0.3 is 9.47 Å². The van der Waals surface area contributed by atoms with Gasteiger partial charge in [0.25, 0.3) is 5.69 Å². The molecule has 0 fully saturated rings. The molecule has 1 N–H and O–H groups in total. The van der Waals surface area contributed by atoms with E-state index in [0.29, 0.717) is 34.8 Å². The monoisotopic (exact) mass is 451 g/mol. The molecule has 0 saturated heterocycles. The third-order valence-electron chi connectivity index (χ3n) is 4.55. The Hall–Kier alpha value is -4.27. The lowest BCUT2D eigenvalue weighted by Crippen LogP contribution is -2.20. The predicted molar refractivity (Wildman–Crippen MR) is 121 cm³/mol. The van der Waals surface area contributed by atoms with Crippen molar-refractivity contribution in [1.29, 1.82) is 0 Å². The van der Waals surface area contributed by atoms with Crippen molar-refractivity contribution in [2.75, 3.05) is 6.61 Å². The van der Waals surface area contributed by atoms with Crippen molar-refractivity contribution in [3.63, 3.8) is 0 Å². The van der Waals surface area contributed by atoms with Gasteiger partial charge in [-0.05, 0) is 36.8 Å². The van der Waals surface area contributed by atoms with E-state index in [1.54, 1.807) is 42.5 Å². The Morgan fingerprint density at radius 3 is 2.52 bits per heavy atom. The first-order chi connectivity index (χ1) is 16.0. The quantitative estimate of drug-likeness (QED) is 0.280. The van der Waals surface area contributed by atoms with Gasteiger partial charge in [0.2, 0.25) is 5.91 Å². The number of benzene rings is 3. The summed E-state index contributed by atoms with van der Waals surface area (Å²) >= 11 is 0. The average molecular weight is 451 g/mol. The fourth-order valence-corrected chi connectivity index (χ4v) is 2.99. The van der Waals surface area contributed by atoms with Gasteiger partial charge in [-0.1, -0.05) is 36.4 Å². The minimum Gasteiger partial charge on any atom is -0.490 e. The van der Waals surface area contributed by atoms with Gasteiger partial charge in [0.05, 0.1) is 24.2 Å². The predicted octanol–water partition coefficient (Wildman–Crippen LogP) is 4.40. The third-order valence-corrected chi connectivity index (χ3v) is 4.55. The number of carbonyl (C=O) groups is 1. The molecule has 0 radical (unpaired) electrons. The Bertz CT molecular complexity index is 1170. The average Bonchev–Trinajstić information content (AvgIpc) is 2.80. The molecule has 0 atom stereocenters. The second-order valence-electron chi connectivity index (χ2n) is 6.88. The zero-order valence-corrected chi connectivity index (χ0v) is 17.9. The largest absolute Gasteiger partial charge is 0.490 e. The number of ether oxygens (including phenoxy) is 2. The molecular weight excluding hydrogens is 429 g/mol. The van der Waals surface area contributed by atoms with Crippen LogP contribution in [0.15, 0.2) is 71.8 Å². The van der Waals surface area contributed by atoms with Crippen LogP contribution < -0.4 is 14.9 Å². The summed E-state index contributed by atoms with van der Waals surface area (Å²) in [7, 11) is 0. The van der Waals surface area contributed by atoms with E-state index in [0.717, 1.165) is 0 Å². The minimum absolute atomic E-state index is 0.0435. The van der Waals surface area contributed by atoms with Crippen LogP contribution in [0, 0.1) is 15.9 Å². The smallest absolute Gasteiger partial charge is 0.273 e. The number of para-hydroxylation sites is 1. The molecule has 3 aromatic carbocycles. The van der Waals surface area contributed by atoms with Crippen molar-refractivity contribution in [2.24, 2.45) is 5.10 Å². The van der Waals surface area contributed by atoms with Crippen molar-refractivity contribution >= 4 is 17.8 Å². The van der Waals surface area contributed by atoms with Crippen LogP contribution in [-0.2, 0) is 17.8 Å². The molecule has 0 heterocycles. The second kappa shape index (κ2) is 11.4. The number of nitrogens with one attached hydrogen (secondary N) is 1. The van der Waals surface area contributed by atoms with Gasteiger partial charge in [0.15, 0.2) is 11.5 Å². The van der Waals surface area contributed by atoms with E-state index in [2.05, 4.69) is 10.5 Å². The molecule has 0 spiro atoms. The SMILES string of the molecule is CCOc1cc(/C=N/NC(=O)Cc2ccccc2[N+](=O)[O-])ccc1OCc1ccccc1F. The molecule has 170 valence electrons. The molecule has 0 aliphatic carbocycles. The lowest BCUT2D eigenvalue weighted by molar-refractivity contribution is -0.385. The van der Waals surface area contributed by atoms with E-state index < -0.39 is 10.8 Å². The standard InChI is InChI=1S/C24H22FN3O5/c1-2-32-23-13-17(11-12-22(23)33-16-19-8-3-5-9-20(19)25)15-26-27-24(29)14-18-7-4-6-10-21(18)28(30)31/h3-13,15H,2,14,16H2,1H3,(H,27,29)/b26-15+. The van der Waals surface area contributed by atoms with Crippen LogP contribution in [0.25, 0.3) is 0 Å². The molecule has 0 aromatic heterocycles. The number of nitrogens with zero attached hydrogens (tertiary/aromatic N) is 2. The molecule has 0 aliphatic rings. The highest BCUT2D eigenvalue weighted by Crippen LogP contribution is 2.29. The van der Waals surface area contributed by atoms with Gasteiger partial charge in [0, 0.05) is 17.2 Å². The lowest BCUT2D eigenvalue weighted by atomic mass is 10.1. The Balaban J connectivity index is 1.63. The number of amides is 1. The summed E-state index contributed by atoms with van der Waals surface area (Å²) < 4.78 is 25.1. The number of hydrogen-bond donors (Lipinski definition) is 1. The molecule has 3 rings (SSSR count). The Labute approximate surface area is 189 Å². The third kappa shape index (κ3) is 6.60. The second-order valence-corrected chi connectivity index (χ2v) is 6.88. The highest BCUT2D eigenvalue weighted by Gasteiger charge is 2.15. The highest BCUT2D eigenvalue weighted by atomic mass is 19.1. The van der Waals surface area contributed by atoms with E-state index in [1.807, 2.05) is 6.92 Å². The molecule has 0 bridgehead atoms. The van der Waals surface area contributed by atoms with Crippen molar-refractivity contribution in [1.82, 2.24) is 5.43 Å². The van der Waals surface area contributed by atoms with Gasteiger partial charge in [-0.25, -0.2) is 9.82 Å². The van der Waals surface area contributed by atoms with Crippen LogP contribution in [0.5, 0.6) is 11.5 Å². The van der Waals surface area contributed by atoms with Crippen molar-refractivity contribution < 1.29 is 23.6 Å². The number of halogens is 1. The molecule has 1 amide bonds. The Morgan fingerprint density at radius 2 is 1.79 bits per heavy atom. The summed E-state index contributed by atoms with van der Waals surface area (Å²) in [5.41, 5.74) is 3.58. The van der Waals surface area contributed by atoms with E-state index in [1.165, 1.54) is 30.5 Å². The maximum atomic E-state index is 13.8. The van der Waals surface area contributed by atoms with E-state index in [9.17, 15) is 19.3 Å². The number of nitro groups is 1. The van der Waals surface area contributed by atoms with Crippen molar-refractivity contribution in [2.45, 2.75) is 20.0 Å². The summed E-state index contributed by atoms with van der Waals surface area (Å²) in [6.07, 6.45) is 1.24. The van der Waals surface area contributed by atoms with Crippen LogP contribution >= 0.6 is 0 Å². The zero-order chi connectivity index (χ0) is 23.6. The molecule has 0 aliphatic heterocycles. The molecule has 3 aromatic rings. The molecular formula is C24H22FN3O5. The molecule has 33 heavy (non-hydrogen) atoms. The summed E-state index contributed by atoms with van der Waals surface area (Å²) in [6, 6.07) is 17.4. The van der Waals surface area contributed by atoms with Crippen LogP contribution in [-0.4, -0.2) is 23.7 Å². The maximum absolute atomic E-state index is 13.8. The summed E-state index contributed by atoms with van der Waals surface area (Å²) in [5.74, 6) is 0.0490. The minimum atomic E-state index is -0.531. The number of nitro benzene ring substituents is 1. The van der Waals surface area contributed by atoms with E-state index in [-0.39, 0.29) is 24.5 Å². The number of carbonyl (C=O) groups excluding carboxylic acids is 1.